The highest BCUT2D eigenvalue weighted by atomic mass is 16.4. The molecule has 8 heteroatoms. The monoisotopic (exact) mass is 395 g/mol. The van der Waals surface area contributed by atoms with E-state index in [0.29, 0.717) is 24.4 Å². The molecule has 2 N–H and O–H groups in total. The minimum atomic E-state index is -0.749. The van der Waals surface area contributed by atoms with Gasteiger partial charge in [0.2, 0.25) is 0 Å². The van der Waals surface area contributed by atoms with Crippen molar-refractivity contribution in [3.8, 4) is 5.69 Å². The number of aromatic nitrogens is 4. The Labute approximate surface area is 169 Å². The molecule has 0 radical (unpaired) electrons. The molecule has 1 aromatic carbocycles. The molecular weight excluding hydrogens is 370 g/mol. The number of aliphatic carboxylic acids is 1. The fourth-order valence-electron chi connectivity index (χ4n) is 3.20. The molecular formula is C21H25N5O3. The Balaban J connectivity index is 1.52. The van der Waals surface area contributed by atoms with Gasteiger partial charge in [-0.3, -0.25) is 14.6 Å². The fourth-order valence-corrected chi connectivity index (χ4v) is 3.20. The van der Waals surface area contributed by atoms with E-state index in [9.17, 15) is 9.59 Å². The number of amides is 1. The molecule has 0 spiro atoms. The number of hydrogen-bond donors (Lipinski definition) is 2. The van der Waals surface area contributed by atoms with Crippen molar-refractivity contribution in [3.05, 3.63) is 47.9 Å². The first-order valence-electron chi connectivity index (χ1n) is 9.83. The van der Waals surface area contributed by atoms with Gasteiger partial charge in [0.25, 0.3) is 5.91 Å². The third kappa shape index (κ3) is 5.37. The van der Waals surface area contributed by atoms with Crippen molar-refractivity contribution in [2.24, 2.45) is 0 Å². The van der Waals surface area contributed by atoms with Crippen molar-refractivity contribution in [2.75, 3.05) is 6.54 Å². The van der Waals surface area contributed by atoms with Crippen molar-refractivity contribution in [3.63, 3.8) is 0 Å². The van der Waals surface area contributed by atoms with Crippen LogP contribution in [0.15, 0.2) is 36.5 Å². The Bertz CT molecular complexity index is 999. The number of hydrogen-bond acceptors (Lipinski definition) is 5. The summed E-state index contributed by atoms with van der Waals surface area (Å²) in [5.74, 6) is -0.983. The van der Waals surface area contributed by atoms with Gasteiger partial charge in [0, 0.05) is 24.5 Å². The molecule has 0 fully saturated rings. The van der Waals surface area contributed by atoms with E-state index < -0.39 is 5.97 Å². The second-order valence-corrected chi connectivity index (χ2v) is 6.98. The van der Waals surface area contributed by atoms with E-state index in [-0.39, 0.29) is 12.3 Å². The zero-order valence-electron chi connectivity index (χ0n) is 16.5. The Morgan fingerprint density at radius 3 is 2.72 bits per heavy atom. The van der Waals surface area contributed by atoms with Gasteiger partial charge in [-0.15, -0.1) is 5.10 Å². The summed E-state index contributed by atoms with van der Waals surface area (Å²) in [7, 11) is 0. The highest BCUT2D eigenvalue weighted by molar-refractivity contribution is 5.93. The highest BCUT2D eigenvalue weighted by Gasteiger charge is 2.17. The molecule has 8 nitrogen and oxygen atoms in total. The Morgan fingerprint density at radius 2 is 1.90 bits per heavy atom. The van der Waals surface area contributed by atoms with Crippen LogP contribution in [0.4, 0.5) is 0 Å². The predicted octanol–water partition coefficient (Wildman–Crippen LogP) is 3.28. The number of nitrogens with one attached hydrogen (secondary N) is 1. The lowest BCUT2D eigenvalue weighted by atomic mass is 10.1. The van der Waals surface area contributed by atoms with Crippen LogP contribution in [0, 0.1) is 6.92 Å². The zero-order chi connectivity index (χ0) is 20.6. The van der Waals surface area contributed by atoms with Crippen molar-refractivity contribution >= 4 is 22.8 Å². The summed E-state index contributed by atoms with van der Waals surface area (Å²) in [4.78, 5) is 27.2. The highest BCUT2D eigenvalue weighted by Crippen LogP contribution is 2.18. The van der Waals surface area contributed by atoms with E-state index in [0.717, 1.165) is 42.3 Å². The maximum Gasteiger partial charge on any atom is 0.303 e. The normalized spacial score (nSPS) is 10.9. The number of pyridine rings is 1. The Kier molecular flexibility index (Phi) is 6.89. The van der Waals surface area contributed by atoms with Crippen molar-refractivity contribution in [2.45, 2.75) is 45.4 Å². The van der Waals surface area contributed by atoms with Crippen LogP contribution in [-0.2, 0) is 4.79 Å². The van der Waals surface area contributed by atoms with Crippen molar-refractivity contribution < 1.29 is 14.7 Å². The number of carboxylic acids is 1. The van der Waals surface area contributed by atoms with E-state index in [4.69, 9.17) is 5.11 Å². The van der Waals surface area contributed by atoms with Crippen molar-refractivity contribution in [1.29, 1.82) is 0 Å². The van der Waals surface area contributed by atoms with Gasteiger partial charge in [0.05, 0.1) is 16.9 Å². The van der Waals surface area contributed by atoms with E-state index in [1.54, 1.807) is 10.9 Å². The minimum absolute atomic E-state index is 0.222. The smallest absolute Gasteiger partial charge is 0.303 e. The molecule has 3 aromatic rings. The average Bonchev–Trinajstić information content (AvgIpc) is 3.10. The summed E-state index contributed by atoms with van der Waals surface area (Å²) in [5, 5.41) is 20.7. The summed E-state index contributed by atoms with van der Waals surface area (Å²) in [6.45, 7) is 2.39. The van der Waals surface area contributed by atoms with Crippen LogP contribution >= 0.6 is 0 Å². The number of rotatable bonds is 10. The second-order valence-electron chi connectivity index (χ2n) is 6.98. The number of unbranched alkanes of at least 4 members (excludes halogenated alkanes) is 4. The molecule has 0 saturated carbocycles. The molecule has 3 rings (SSSR count). The summed E-state index contributed by atoms with van der Waals surface area (Å²) < 4.78 is 1.66. The zero-order valence-corrected chi connectivity index (χ0v) is 16.5. The van der Waals surface area contributed by atoms with Gasteiger partial charge >= 0.3 is 5.97 Å². The summed E-state index contributed by atoms with van der Waals surface area (Å²) in [5.41, 5.74) is 2.73. The number of carbonyl (C=O) groups excluding carboxylic acids is 1. The van der Waals surface area contributed by atoms with Crippen LogP contribution in [0.2, 0.25) is 0 Å². The first-order chi connectivity index (χ1) is 14.1. The quantitative estimate of drug-likeness (QED) is 0.510. The molecule has 0 atom stereocenters. The second kappa shape index (κ2) is 9.77. The summed E-state index contributed by atoms with van der Waals surface area (Å²) in [6, 6.07) is 9.65. The lowest BCUT2D eigenvalue weighted by Crippen LogP contribution is -2.25. The predicted molar refractivity (Wildman–Crippen MR) is 109 cm³/mol. The topological polar surface area (TPSA) is 110 Å². The molecule has 29 heavy (non-hydrogen) atoms. The average molecular weight is 395 g/mol. The third-order valence-electron chi connectivity index (χ3n) is 4.79. The first kappa shape index (κ1) is 20.4. The molecule has 0 aliphatic carbocycles. The van der Waals surface area contributed by atoms with E-state index in [1.807, 2.05) is 37.3 Å². The fraction of sp³-hybridized carbons (Fsp3) is 0.381. The molecule has 0 unspecified atom stereocenters. The van der Waals surface area contributed by atoms with Gasteiger partial charge in [0.1, 0.15) is 0 Å². The van der Waals surface area contributed by atoms with E-state index in [2.05, 4.69) is 20.6 Å². The van der Waals surface area contributed by atoms with Crippen LogP contribution in [0.5, 0.6) is 0 Å². The molecule has 1 amide bonds. The first-order valence-corrected chi connectivity index (χ1v) is 9.83. The van der Waals surface area contributed by atoms with Gasteiger partial charge < -0.3 is 10.4 Å². The summed E-state index contributed by atoms with van der Waals surface area (Å²) in [6.07, 6.45) is 6.35. The number of benzene rings is 1. The van der Waals surface area contributed by atoms with Gasteiger partial charge in [-0.05, 0) is 44.0 Å². The van der Waals surface area contributed by atoms with Crippen LogP contribution < -0.4 is 5.32 Å². The maximum absolute atomic E-state index is 12.4. The van der Waals surface area contributed by atoms with E-state index in [1.165, 1.54) is 0 Å². The van der Waals surface area contributed by atoms with Crippen molar-refractivity contribution in [1.82, 2.24) is 25.3 Å². The Morgan fingerprint density at radius 1 is 1.10 bits per heavy atom. The lowest BCUT2D eigenvalue weighted by molar-refractivity contribution is -0.137. The minimum Gasteiger partial charge on any atom is -0.481 e. The summed E-state index contributed by atoms with van der Waals surface area (Å²) >= 11 is 0. The van der Waals surface area contributed by atoms with Gasteiger partial charge in [-0.1, -0.05) is 30.5 Å². The molecule has 152 valence electrons. The standard InChI is InChI=1S/C21H25N5O3/c1-15-20(21(29)23-12-6-4-2-3-5-9-19(27)28)24-25-26(15)17-10-11-18-16(14-17)8-7-13-22-18/h7-8,10-11,13-14H,2-6,9,12H2,1H3,(H,23,29)(H,27,28). The molecule has 0 aliphatic heterocycles. The maximum atomic E-state index is 12.4. The molecule has 0 saturated heterocycles. The largest absolute Gasteiger partial charge is 0.481 e. The third-order valence-corrected chi connectivity index (χ3v) is 4.79. The molecule has 0 bridgehead atoms. The lowest BCUT2D eigenvalue weighted by Gasteiger charge is -2.06. The number of carbonyl (C=O) groups is 2. The number of carboxylic acid groups (broad SMARTS) is 1. The van der Waals surface area contributed by atoms with E-state index >= 15 is 0 Å². The van der Waals surface area contributed by atoms with Crippen LogP contribution in [-0.4, -0.2) is 43.5 Å². The van der Waals surface area contributed by atoms with Gasteiger partial charge in [-0.2, -0.15) is 0 Å². The van der Waals surface area contributed by atoms with Gasteiger partial charge in [0.15, 0.2) is 5.69 Å². The molecule has 0 aliphatic rings. The molecule has 2 heterocycles. The SMILES string of the molecule is Cc1c(C(=O)NCCCCCCCC(=O)O)nnn1-c1ccc2ncccc2c1. The van der Waals surface area contributed by atoms with Crippen LogP contribution in [0.1, 0.15) is 54.7 Å². The number of nitrogens with zero attached hydrogens (tertiary/aromatic N) is 4. The van der Waals surface area contributed by atoms with Crippen LogP contribution in [0.3, 0.4) is 0 Å². The van der Waals surface area contributed by atoms with Crippen LogP contribution in [0.25, 0.3) is 16.6 Å². The van der Waals surface area contributed by atoms with Gasteiger partial charge in [-0.25, -0.2) is 4.68 Å². The number of fused-ring (bicyclic) bond motifs is 1. The Hall–Kier alpha value is -3.29. The molecule has 2 aromatic heterocycles.